The first-order valence-electron chi connectivity index (χ1n) is 31.6. The summed E-state index contributed by atoms with van der Waals surface area (Å²) in [5.74, 6) is -1.48. The van der Waals surface area contributed by atoms with E-state index in [1.807, 2.05) is 0 Å². The molecule has 0 radical (unpaired) electrons. The summed E-state index contributed by atoms with van der Waals surface area (Å²) in [6.45, 7) is 0. The molecule has 0 N–H and O–H groups in total. The first-order chi connectivity index (χ1) is 46.5. The van der Waals surface area contributed by atoms with Crippen LogP contribution in [0.15, 0.2) is 297 Å². The third-order valence-corrected chi connectivity index (χ3v) is 19.7. The maximum Gasteiger partial charge on any atom is 0.134 e. The molecule has 0 aliphatic rings. The highest BCUT2D eigenvalue weighted by atomic mass is 19.1. The van der Waals surface area contributed by atoms with E-state index in [1.54, 1.807) is 12.1 Å². The largest absolute Gasteiger partial charge is 0.309 e. The van der Waals surface area contributed by atoms with E-state index < -0.39 is 11.6 Å². The SMILES string of the molecule is N#Cc1cc(-n2c3ccc(-n4c5ccccc5c5ccccc54)cc3c3cc(-n4c5ccccc5c5ccccc54)ccc32)c(-c2c(F)cccc2F)c(-n2c3ccc(-n4c5ccccc5c5ccccc54)cc3c3cc(-n4c5ccccc5c5ccccc54)ccc32)c1. The fraction of sp³-hybridized carbons (Fsp3) is 0. The Morgan fingerprint density at radius 1 is 0.213 bits per heavy atom. The van der Waals surface area contributed by atoms with E-state index in [-0.39, 0.29) is 11.1 Å². The van der Waals surface area contributed by atoms with Crippen LogP contribution < -0.4 is 0 Å². The predicted octanol–water partition coefficient (Wildman–Crippen LogP) is 22.1. The second-order valence-corrected chi connectivity index (χ2v) is 24.6. The van der Waals surface area contributed by atoms with Gasteiger partial charge in [0.25, 0.3) is 0 Å². The molecule has 20 rings (SSSR count). The Balaban J connectivity index is 0.910. The van der Waals surface area contributed by atoms with Gasteiger partial charge < -0.3 is 27.4 Å². The van der Waals surface area contributed by atoms with Gasteiger partial charge in [0, 0.05) is 92.9 Å². The van der Waals surface area contributed by atoms with Gasteiger partial charge in [-0.15, -0.1) is 0 Å². The summed E-state index contributed by atoms with van der Waals surface area (Å²) >= 11 is 0. The summed E-state index contributed by atoms with van der Waals surface area (Å²) in [5.41, 5.74) is 16.7. The van der Waals surface area contributed by atoms with Crippen molar-refractivity contribution >= 4 is 131 Å². The minimum atomic E-state index is -0.738. The van der Waals surface area contributed by atoms with Crippen LogP contribution >= 0.6 is 0 Å². The summed E-state index contributed by atoms with van der Waals surface area (Å²) < 4.78 is 49.0. The van der Waals surface area contributed by atoms with E-state index >= 15 is 8.78 Å². The first kappa shape index (κ1) is 52.0. The molecule has 0 spiro atoms. The maximum absolute atomic E-state index is 17.7. The molecule has 0 aliphatic heterocycles. The van der Waals surface area contributed by atoms with Crippen molar-refractivity contribution in [2.45, 2.75) is 0 Å². The van der Waals surface area contributed by atoms with Gasteiger partial charge in [0.1, 0.15) is 11.6 Å². The van der Waals surface area contributed by atoms with Gasteiger partial charge in [0.15, 0.2) is 0 Å². The Kier molecular flexibility index (Phi) is 10.9. The molecule has 94 heavy (non-hydrogen) atoms. The average Bonchev–Trinajstić information content (AvgIpc) is 1.53. The molecule has 0 saturated heterocycles. The summed E-state index contributed by atoms with van der Waals surface area (Å²) in [7, 11) is 0. The lowest BCUT2D eigenvalue weighted by Crippen LogP contribution is -2.07. The Hall–Kier alpha value is -12.8. The average molecular weight is 1210 g/mol. The highest BCUT2D eigenvalue weighted by Crippen LogP contribution is 2.48. The molecular formula is C85H49F2N7. The van der Waals surface area contributed by atoms with E-state index in [0.29, 0.717) is 16.9 Å². The second-order valence-electron chi connectivity index (χ2n) is 24.6. The minimum absolute atomic E-state index is 0.213. The quantitative estimate of drug-likeness (QED) is 0.157. The number of aromatic nitrogens is 6. The number of halogens is 2. The Bertz CT molecular complexity index is 5790. The minimum Gasteiger partial charge on any atom is -0.309 e. The molecule has 0 atom stereocenters. The molecular weight excluding hydrogens is 1160 g/mol. The lowest BCUT2D eigenvalue weighted by Gasteiger charge is -2.22. The van der Waals surface area contributed by atoms with Gasteiger partial charge in [0.2, 0.25) is 0 Å². The Morgan fingerprint density at radius 3 is 0.670 bits per heavy atom. The van der Waals surface area contributed by atoms with Crippen LogP contribution in [0.4, 0.5) is 8.78 Å². The number of nitriles is 1. The lowest BCUT2D eigenvalue weighted by molar-refractivity contribution is 0.589. The Labute approximate surface area is 535 Å². The van der Waals surface area contributed by atoms with E-state index in [0.717, 1.165) is 154 Å². The predicted molar refractivity (Wildman–Crippen MR) is 383 cm³/mol. The van der Waals surface area contributed by atoms with Crippen molar-refractivity contribution in [2.24, 2.45) is 0 Å². The van der Waals surface area contributed by atoms with Crippen LogP contribution in [-0.2, 0) is 0 Å². The molecule has 0 bridgehead atoms. The summed E-state index contributed by atoms with van der Waals surface area (Å²) in [4.78, 5) is 0. The third kappa shape index (κ3) is 7.22. The van der Waals surface area contributed by atoms with Crippen LogP contribution in [0.25, 0.3) is 176 Å². The topological polar surface area (TPSA) is 53.4 Å². The van der Waals surface area contributed by atoms with Crippen molar-refractivity contribution < 1.29 is 8.78 Å². The summed E-state index contributed by atoms with van der Waals surface area (Å²) in [6.07, 6.45) is 0. The van der Waals surface area contributed by atoms with Gasteiger partial charge in [0.05, 0.1) is 94.8 Å². The van der Waals surface area contributed by atoms with E-state index in [9.17, 15) is 5.26 Å². The zero-order chi connectivity index (χ0) is 62.0. The summed E-state index contributed by atoms with van der Waals surface area (Å²) in [6, 6.07) is 104. The van der Waals surface area contributed by atoms with E-state index in [1.165, 1.54) is 18.2 Å². The van der Waals surface area contributed by atoms with Gasteiger partial charge >= 0.3 is 0 Å². The third-order valence-electron chi connectivity index (χ3n) is 19.7. The number of rotatable bonds is 7. The molecule has 0 saturated carbocycles. The Morgan fingerprint density at radius 2 is 0.436 bits per heavy atom. The number of hydrogen-bond acceptors (Lipinski definition) is 1. The smallest absolute Gasteiger partial charge is 0.134 e. The van der Waals surface area contributed by atoms with Crippen molar-refractivity contribution in [3.8, 4) is 51.3 Å². The summed E-state index contributed by atoms with van der Waals surface area (Å²) in [5, 5.41) is 24.3. The van der Waals surface area contributed by atoms with Gasteiger partial charge in [-0.25, -0.2) is 8.78 Å². The van der Waals surface area contributed by atoms with Crippen LogP contribution in [0.5, 0.6) is 0 Å². The molecule has 6 heterocycles. The van der Waals surface area contributed by atoms with Crippen molar-refractivity contribution in [1.82, 2.24) is 27.4 Å². The number of para-hydroxylation sites is 8. The zero-order valence-electron chi connectivity index (χ0n) is 50.2. The lowest BCUT2D eigenvalue weighted by atomic mass is 9.97. The zero-order valence-corrected chi connectivity index (χ0v) is 50.2. The molecule has 438 valence electrons. The number of fused-ring (bicyclic) bond motifs is 18. The van der Waals surface area contributed by atoms with Crippen LogP contribution in [0.1, 0.15) is 5.56 Å². The molecule has 14 aromatic carbocycles. The van der Waals surface area contributed by atoms with Crippen LogP contribution in [0.3, 0.4) is 0 Å². The van der Waals surface area contributed by atoms with Crippen LogP contribution in [-0.4, -0.2) is 27.4 Å². The van der Waals surface area contributed by atoms with Crippen LogP contribution in [0.2, 0.25) is 0 Å². The molecule has 20 aromatic rings. The number of hydrogen-bond donors (Lipinski definition) is 0. The molecule has 0 fully saturated rings. The van der Waals surface area contributed by atoms with Crippen molar-refractivity contribution in [1.29, 1.82) is 5.26 Å². The molecule has 0 amide bonds. The van der Waals surface area contributed by atoms with Gasteiger partial charge in [-0.05, 0) is 146 Å². The van der Waals surface area contributed by atoms with Gasteiger partial charge in [-0.2, -0.15) is 5.26 Å². The molecule has 0 aliphatic carbocycles. The van der Waals surface area contributed by atoms with E-state index in [4.69, 9.17) is 0 Å². The number of nitrogens with zero attached hydrogens (tertiary/aromatic N) is 7. The van der Waals surface area contributed by atoms with Gasteiger partial charge in [-0.3, -0.25) is 0 Å². The molecule has 0 unspecified atom stereocenters. The highest BCUT2D eigenvalue weighted by molar-refractivity contribution is 6.17. The van der Waals surface area contributed by atoms with Crippen molar-refractivity contribution in [3.05, 3.63) is 314 Å². The monoisotopic (exact) mass is 1210 g/mol. The maximum atomic E-state index is 17.7. The normalized spacial score (nSPS) is 12.1. The number of benzene rings is 14. The van der Waals surface area contributed by atoms with Crippen LogP contribution in [0, 0.1) is 23.0 Å². The molecule has 6 aromatic heterocycles. The first-order valence-corrected chi connectivity index (χ1v) is 31.6. The molecule has 9 heteroatoms. The van der Waals surface area contributed by atoms with Crippen molar-refractivity contribution in [3.63, 3.8) is 0 Å². The fourth-order valence-electron chi connectivity index (χ4n) is 15.9. The second kappa shape index (κ2) is 19.6. The van der Waals surface area contributed by atoms with E-state index in [2.05, 4.69) is 300 Å². The fourth-order valence-corrected chi connectivity index (χ4v) is 15.9. The standard InChI is InChI=1S/C85H49F2N7/c86-68-26-17-27-69(87)84(68)85-82(93-78-40-36-52(89-70-28-9-1-18-56(70)57-19-2-10-29-71(57)89)46-64(78)65-47-53(37-41-79(65)93)90-72-30-11-3-20-58(72)59-21-4-12-31-73(59)90)44-51(50-88)45-83(85)94-80-42-38-54(91-74-32-13-5-22-60(74)61-23-6-14-33-75(61)91)48-66(80)67-49-55(39-43-81(67)94)92-76-34-15-7-24-62(76)63-25-8-16-35-77(63)92/h1-49H. The highest BCUT2D eigenvalue weighted by Gasteiger charge is 2.29. The van der Waals surface area contributed by atoms with Crippen molar-refractivity contribution in [2.75, 3.05) is 0 Å². The van der Waals surface area contributed by atoms with Gasteiger partial charge in [-0.1, -0.05) is 152 Å². The molecule has 7 nitrogen and oxygen atoms in total.